The maximum Gasteiger partial charge on any atom is 0.317 e. The van der Waals surface area contributed by atoms with Crippen molar-refractivity contribution in [3.8, 4) is 0 Å². The predicted molar refractivity (Wildman–Crippen MR) is 82.4 cm³/mol. The lowest BCUT2D eigenvalue weighted by Gasteiger charge is -2.34. The van der Waals surface area contributed by atoms with Gasteiger partial charge in [0.15, 0.2) is 0 Å². The molecule has 0 saturated carbocycles. The van der Waals surface area contributed by atoms with E-state index in [4.69, 9.17) is 11.6 Å². The molecule has 21 heavy (non-hydrogen) atoms. The Bertz CT molecular complexity index is 496. The molecular formula is C15H20ClN3O2. The topological polar surface area (TPSA) is 52.7 Å². The van der Waals surface area contributed by atoms with Gasteiger partial charge in [0.25, 0.3) is 0 Å². The van der Waals surface area contributed by atoms with Crippen LogP contribution < -0.4 is 5.32 Å². The fourth-order valence-corrected chi connectivity index (χ4v) is 2.44. The lowest BCUT2D eigenvalue weighted by atomic mass is 10.1. The highest BCUT2D eigenvalue weighted by molar-refractivity contribution is 6.30. The molecule has 3 amide bonds. The molecule has 1 fully saturated rings. The van der Waals surface area contributed by atoms with Crippen molar-refractivity contribution in [1.82, 2.24) is 15.1 Å². The van der Waals surface area contributed by atoms with Crippen LogP contribution in [0.4, 0.5) is 4.79 Å². The highest BCUT2D eigenvalue weighted by atomic mass is 35.5. The van der Waals surface area contributed by atoms with Gasteiger partial charge in [0, 0.05) is 37.7 Å². The number of nitrogens with one attached hydrogen (secondary N) is 1. The van der Waals surface area contributed by atoms with Crippen molar-refractivity contribution in [3.05, 3.63) is 34.9 Å². The molecule has 0 atom stereocenters. The molecule has 0 bridgehead atoms. The molecule has 6 heteroatoms. The number of hydrogen-bond donors (Lipinski definition) is 1. The maximum absolute atomic E-state index is 12.2. The van der Waals surface area contributed by atoms with Gasteiger partial charge in [-0.25, -0.2) is 4.79 Å². The zero-order valence-electron chi connectivity index (χ0n) is 12.1. The third-order valence-electron chi connectivity index (χ3n) is 3.52. The van der Waals surface area contributed by atoms with Crippen LogP contribution in [0.15, 0.2) is 24.3 Å². The molecule has 0 aliphatic carbocycles. The lowest BCUT2D eigenvalue weighted by molar-refractivity contribution is -0.131. The van der Waals surface area contributed by atoms with Crippen LogP contribution in [0.25, 0.3) is 0 Å². The molecule has 1 aliphatic rings. The smallest absolute Gasteiger partial charge is 0.317 e. The van der Waals surface area contributed by atoms with E-state index in [9.17, 15) is 9.59 Å². The highest BCUT2D eigenvalue weighted by Crippen LogP contribution is 2.11. The summed E-state index contributed by atoms with van der Waals surface area (Å²) in [6.07, 6.45) is 0.373. The summed E-state index contributed by atoms with van der Waals surface area (Å²) in [6.45, 7) is 4.85. The monoisotopic (exact) mass is 309 g/mol. The fraction of sp³-hybridized carbons (Fsp3) is 0.467. The van der Waals surface area contributed by atoms with Gasteiger partial charge in [0.2, 0.25) is 5.91 Å². The van der Waals surface area contributed by atoms with E-state index in [-0.39, 0.29) is 11.9 Å². The van der Waals surface area contributed by atoms with Gasteiger partial charge in [0.05, 0.1) is 6.42 Å². The molecule has 2 rings (SSSR count). The normalized spacial score (nSPS) is 15.0. The van der Waals surface area contributed by atoms with Gasteiger partial charge < -0.3 is 15.1 Å². The SMILES string of the molecule is CCNC(=O)N1CCN(C(=O)Cc2ccc(Cl)cc2)CC1. The Hall–Kier alpha value is -1.75. The Morgan fingerprint density at radius 1 is 1.10 bits per heavy atom. The van der Waals surface area contributed by atoms with Crippen LogP contribution in [0.5, 0.6) is 0 Å². The Kier molecular flexibility index (Phi) is 5.44. The first-order chi connectivity index (χ1) is 10.1. The van der Waals surface area contributed by atoms with E-state index in [1.54, 1.807) is 17.0 Å². The van der Waals surface area contributed by atoms with Crippen LogP contribution >= 0.6 is 11.6 Å². The number of nitrogens with zero attached hydrogens (tertiary/aromatic N) is 2. The minimum Gasteiger partial charge on any atom is -0.339 e. The summed E-state index contributed by atoms with van der Waals surface area (Å²) in [5.74, 6) is 0.0906. The fourth-order valence-electron chi connectivity index (χ4n) is 2.31. The number of halogens is 1. The summed E-state index contributed by atoms with van der Waals surface area (Å²) in [7, 11) is 0. The first kappa shape index (κ1) is 15.6. The molecule has 0 unspecified atom stereocenters. The Morgan fingerprint density at radius 2 is 1.67 bits per heavy atom. The molecule has 1 aromatic carbocycles. The zero-order valence-corrected chi connectivity index (χ0v) is 12.9. The van der Waals surface area contributed by atoms with Crippen LogP contribution in [-0.4, -0.2) is 54.5 Å². The minimum absolute atomic E-state index is 0.0534. The predicted octanol–water partition coefficient (Wildman–Crippen LogP) is 1.76. The van der Waals surface area contributed by atoms with Crippen molar-refractivity contribution in [3.63, 3.8) is 0 Å². The molecule has 0 radical (unpaired) electrons. The first-order valence-corrected chi connectivity index (χ1v) is 7.53. The standard InChI is InChI=1S/C15H20ClN3O2/c1-2-17-15(21)19-9-7-18(8-10-19)14(20)11-12-3-5-13(16)6-4-12/h3-6H,2,7-11H2,1H3,(H,17,21). The van der Waals surface area contributed by atoms with E-state index in [1.165, 1.54) is 0 Å². The zero-order chi connectivity index (χ0) is 15.2. The number of carbonyl (C=O) groups excluding carboxylic acids is 2. The van der Waals surface area contributed by atoms with Crippen LogP contribution in [-0.2, 0) is 11.2 Å². The largest absolute Gasteiger partial charge is 0.339 e. The third-order valence-corrected chi connectivity index (χ3v) is 3.77. The van der Waals surface area contributed by atoms with E-state index < -0.39 is 0 Å². The highest BCUT2D eigenvalue weighted by Gasteiger charge is 2.23. The second-order valence-electron chi connectivity index (χ2n) is 5.01. The van der Waals surface area contributed by atoms with Gasteiger partial charge in [-0.15, -0.1) is 0 Å². The molecule has 114 valence electrons. The van der Waals surface area contributed by atoms with E-state index in [1.807, 2.05) is 24.0 Å². The van der Waals surface area contributed by atoms with E-state index in [0.29, 0.717) is 44.2 Å². The maximum atomic E-state index is 12.2. The Morgan fingerprint density at radius 3 is 2.24 bits per heavy atom. The van der Waals surface area contributed by atoms with Crippen molar-refractivity contribution in [1.29, 1.82) is 0 Å². The molecule has 1 aromatic rings. The van der Waals surface area contributed by atoms with Crippen molar-refractivity contribution < 1.29 is 9.59 Å². The van der Waals surface area contributed by atoms with Gasteiger partial charge in [-0.1, -0.05) is 23.7 Å². The molecule has 1 saturated heterocycles. The summed E-state index contributed by atoms with van der Waals surface area (Å²) in [5.41, 5.74) is 0.954. The van der Waals surface area contributed by atoms with Crippen LogP contribution in [0, 0.1) is 0 Å². The molecule has 1 N–H and O–H groups in total. The number of amides is 3. The molecule has 5 nitrogen and oxygen atoms in total. The second kappa shape index (κ2) is 7.31. The summed E-state index contributed by atoms with van der Waals surface area (Å²) in [5, 5.41) is 3.44. The number of urea groups is 1. The molecule has 0 aromatic heterocycles. The van der Waals surface area contributed by atoms with Crippen molar-refractivity contribution in [2.45, 2.75) is 13.3 Å². The Labute approximate surface area is 129 Å². The van der Waals surface area contributed by atoms with Crippen molar-refractivity contribution in [2.24, 2.45) is 0 Å². The molecule has 1 aliphatic heterocycles. The molecule has 1 heterocycles. The van der Waals surface area contributed by atoms with E-state index in [0.717, 1.165) is 5.56 Å². The average molecular weight is 310 g/mol. The minimum atomic E-state index is -0.0534. The second-order valence-corrected chi connectivity index (χ2v) is 5.44. The quantitative estimate of drug-likeness (QED) is 0.925. The Balaban J connectivity index is 1.83. The number of hydrogen-bond acceptors (Lipinski definition) is 2. The third kappa shape index (κ3) is 4.36. The van der Waals surface area contributed by atoms with Crippen molar-refractivity contribution in [2.75, 3.05) is 32.7 Å². The first-order valence-electron chi connectivity index (χ1n) is 7.15. The number of rotatable bonds is 3. The number of piperazine rings is 1. The number of benzene rings is 1. The van der Waals surface area contributed by atoms with Gasteiger partial charge in [-0.2, -0.15) is 0 Å². The van der Waals surface area contributed by atoms with Gasteiger partial charge in [0.1, 0.15) is 0 Å². The molecule has 0 spiro atoms. The summed E-state index contributed by atoms with van der Waals surface area (Å²) >= 11 is 5.83. The summed E-state index contributed by atoms with van der Waals surface area (Å²) < 4.78 is 0. The van der Waals surface area contributed by atoms with Crippen LogP contribution in [0.2, 0.25) is 5.02 Å². The number of carbonyl (C=O) groups is 2. The summed E-state index contributed by atoms with van der Waals surface area (Å²) in [6, 6.07) is 7.26. The van der Waals surface area contributed by atoms with Crippen LogP contribution in [0.1, 0.15) is 12.5 Å². The van der Waals surface area contributed by atoms with Crippen molar-refractivity contribution >= 4 is 23.5 Å². The van der Waals surface area contributed by atoms with E-state index >= 15 is 0 Å². The lowest BCUT2D eigenvalue weighted by Crippen LogP contribution is -2.53. The average Bonchev–Trinajstić information content (AvgIpc) is 2.50. The van der Waals surface area contributed by atoms with Gasteiger partial charge in [-0.05, 0) is 24.6 Å². The van der Waals surface area contributed by atoms with Gasteiger partial charge >= 0.3 is 6.03 Å². The van der Waals surface area contributed by atoms with Gasteiger partial charge in [-0.3, -0.25) is 4.79 Å². The van der Waals surface area contributed by atoms with Crippen LogP contribution in [0.3, 0.4) is 0 Å². The summed E-state index contributed by atoms with van der Waals surface area (Å²) in [4.78, 5) is 27.5. The molecular weight excluding hydrogens is 290 g/mol. The van der Waals surface area contributed by atoms with E-state index in [2.05, 4.69) is 5.32 Å².